The standard InChI is InChI=1S/C24H40N4O3.HI/c1-4-25-23(27-19-24(2,3)28-11-15-30-16-12-28)26-17-20-5-7-21(8-6-20)18-31-22-9-13-29-14-10-22;/h5-8,22H,4,9-19H2,1-3H3,(H2,25,26,27);1H. The molecule has 8 heteroatoms. The van der Waals surface area contributed by atoms with Crippen molar-refractivity contribution in [2.45, 2.75) is 58.4 Å². The van der Waals surface area contributed by atoms with E-state index >= 15 is 0 Å². The molecule has 7 nitrogen and oxygen atoms in total. The molecule has 2 fully saturated rings. The first kappa shape index (κ1) is 27.3. The van der Waals surface area contributed by atoms with Crippen LogP contribution in [0.4, 0.5) is 0 Å². The maximum Gasteiger partial charge on any atom is 0.191 e. The van der Waals surface area contributed by atoms with Gasteiger partial charge in [-0.2, -0.15) is 0 Å². The van der Waals surface area contributed by atoms with Gasteiger partial charge in [0, 0.05) is 44.9 Å². The van der Waals surface area contributed by atoms with E-state index in [0.717, 1.165) is 71.4 Å². The second kappa shape index (κ2) is 14.3. The van der Waals surface area contributed by atoms with Gasteiger partial charge >= 0.3 is 0 Å². The maximum absolute atomic E-state index is 6.01. The molecule has 0 bridgehead atoms. The van der Waals surface area contributed by atoms with Crippen LogP contribution in [0, 0.1) is 0 Å². The zero-order valence-corrected chi connectivity index (χ0v) is 22.2. The predicted octanol–water partition coefficient (Wildman–Crippen LogP) is 3.17. The quantitative estimate of drug-likeness (QED) is 0.275. The molecule has 2 aliphatic heterocycles. The van der Waals surface area contributed by atoms with E-state index in [4.69, 9.17) is 19.2 Å². The number of aliphatic imine (C=N–C) groups is 1. The van der Waals surface area contributed by atoms with Gasteiger partial charge in [-0.1, -0.05) is 24.3 Å². The Labute approximate surface area is 210 Å². The minimum Gasteiger partial charge on any atom is -0.381 e. The van der Waals surface area contributed by atoms with Crippen LogP contribution in [0.25, 0.3) is 0 Å². The van der Waals surface area contributed by atoms with Crippen molar-refractivity contribution in [3.63, 3.8) is 0 Å². The lowest BCUT2D eigenvalue weighted by Crippen LogP contribution is -2.56. The SMILES string of the molecule is CCNC(=NCc1ccc(COC2CCOCC2)cc1)NCC(C)(C)N1CCOCC1.I. The summed E-state index contributed by atoms with van der Waals surface area (Å²) in [5, 5.41) is 6.88. The molecule has 32 heavy (non-hydrogen) atoms. The molecule has 182 valence electrons. The van der Waals surface area contributed by atoms with Crippen molar-refractivity contribution in [1.82, 2.24) is 15.5 Å². The molecular weight excluding hydrogens is 519 g/mol. The highest BCUT2D eigenvalue weighted by Crippen LogP contribution is 2.16. The van der Waals surface area contributed by atoms with E-state index in [-0.39, 0.29) is 29.5 Å². The number of ether oxygens (including phenoxy) is 3. The average molecular weight is 561 g/mol. The molecule has 1 aromatic carbocycles. The van der Waals surface area contributed by atoms with Gasteiger partial charge in [-0.05, 0) is 44.7 Å². The highest BCUT2D eigenvalue weighted by molar-refractivity contribution is 14.0. The van der Waals surface area contributed by atoms with Gasteiger partial charge in [0.25, 0.3) is 0 Å². The zero-order valence-electron chi connectivity index (χ0n) is 19.9. The van der Waals surface area contributed by atoms with Gasteiger partial charge in [-0.3, -0.25) is 4.90 Å². The van der Waals surface area contributed by atoms with E-state index in [1.165, 1.54) is 11.1 Å². The molecule has 0 saturated carbocycles. The Bertz CT molecular complexity index is 672. The van der Waals surface area contributed by atoms with E-state index in [2.05, 4.69) is 60.6 Å². The second-order valence-corrected chi connectivity index (χ2v) is 8.90. The van der Waals surface area contributed by atoms with E-state index < -0.39 is 0 Å². The van der Waals surface area contributed by atoms with Gasteiger partial charge in [-0.15, -0.1) is 24.0 Å². The summed E-state index contributed by atoms with van der Waals surface area (Å²) >= 11 is 0. The molecule has 0 aromatic heterocycles. The summed E-state index contributed by atoms with van der Waals surface area (Å²) < 4.78 is 16.9. The molecule has 2 heterocycles. The summed E-state index contributed by atoms with van der Waals surface area (Å²) in [7, 11) is 0. The van der Waals surface area contributed by atoms with Crippen molar-refractivity contribution in [3.05, 3.63) is 35.4 Å². The Kier molecular flexibility index (Phi) is 12.2. The number of nitrogens with one attached hydrogen (secondary N) is 2. The van der Waals surface area contributed by atoms with Gasteiger partial charge < -0.3 is 24.8 Å². The lowest BCUT2D eigenvalue weighted by molar-refractivity contribution is -0.0390. The Morgan fingerprint density at radius 1 is 1.03 bits per heavy atom. The minimum absolute atomic E-state index is 0. The van der Waals surface area contributed by atoms with Crippen molar-refractivity contribution in [2.75, 3.05) is 52.6 Å². The van der Waals surface area contributed by atoms with Gasteiger partial charge in [0.2, 0.25) is 0 Å². The van der Waals surface area contributed by atoms with Crippen molar-refractivity contribution < 1.29 is 14.2 Å². The first-order valence-corrected chi connectivity index (χ1v) is 11.7. The van der Waals surface area contributed by atoms with Crippen LogP contribution in [0.1, 0.15) is 44.7 Å². The molecule has 2 N–H and O–H groups in total. The van der Waals surface area contributed by atoms with E-state index in [9.17, 15) is 0 Å². The monoisotopic (exact) mass is 560 g/mol. The summed E-state index contributed by atoms with van der Waals surface area (Å²) in [6.45, 7) is 14.8. The zero-order chi connectivity index (χ0) is 21.9. The molecule has 0 unspecified atom stereocenters. The molecule has 2 saturated heterocycles. The van der Waals surface area contributed by atoms with E-state index in [0.29, 0.717) is 19.3 Å². The third-order valence-electron chi connectivity index (χ3n) is 6.00. The Morgan fingerprint density at radius 2 is 1.66 bits per heavy atom. The van der Waals surface area contributed by atoms with Crippen LogP contribution in [0.2, 0.25) is 0 Å². The van der Waals surface area contributed by atoms with Crippen molar-refractivity contribution in [2.24, 2.45) is 4.99 Å². The number of benzene rings is 1. The lowest BCUT2D eigenvalue weighted by Gasteiger charge is -2.41. The number of hydrogen-bond acceptors (Lipinski definition) is 5. The molecule has 1 aromatic rings. The van der Waals surface area contributed by atoms with Crippen LogP contribution >= 0.6 is 24.0 Å². The van der Waals surface area contributed by atoms with Crippen LogP contribution in [0.15, 0.2) is 29.3 Å². The normalized spacial score (nSPS) is 18.8. The number of nitrogens with zero attached hydrogens (tertiary/aromatic N) is 2. The van der Waals surface area contributed by atoms with Crippen LogP contribution in [-0.4, -0.2) is 75.1 Å². The van der Waals surface area contributed by atoms with Crippen LogP contribution in [0.3, 0.4) is 0 Å². The van der Waals surface area contributed by atoms with Crippen LogP contribution in [-0.2, 0) is 27.4 Å². The first-order chi connectivity index (χ1) is 15.1. The third kappa shape index (κ3) is 9.13. The summed E-state index contributed by atoms with van der Waals surface area (Å²) in [5.41, 5.74) is 2.45. The van der Waals surface area contributed by atoms with E-state index in [1.54, 1.807) is 0 Å². The van der Waals surface area contributed by atoms with Gasteiger partial charge in [0.15, 0.2) is 5.96 Å². The number of halogens is 1. The minimum atomic E-state index is 0. The maximum atomic E-state index is 6.01. The molecular formula is C24H41IN4O3. The van der Waals surface area contributed by atoms with E-state index in [1.807, 2.05) is 0 Å². The lowest BCUT2D eigenvalue weighted by atomic mass is 10.0. The van der Waals surface area contributed by atoms with Crippen molar-refractivity contribution in [1.29, 1.82) is 0 Å². The second-order valence-electron chi connectivity index (χ2n) is 8.90. The molecule has 0 aliphatic carbocycles. The molecule has 2 aliphatic rings. The predicted molar refractivity (Wildman–Crippen MR) is 140 cm³/mol. The summed E-state index contributed by atoms with van der Waals surface area (Å²) in [4.78, 5) is 7.27. The third-order valence-corrected chi connectivity index (χ3v) is 6.00. The van der Waals surface area contributed by atoms with Crippen LogP contribution < -0.4 is 10.6 Å². The topological polar surface area (TPSA) is 67.4 Å². The fourth-order valence-corrected chi connectivity index (χ4v) is 3.89. The Hall–Kier alpha value is -0.940. The Balaban J connectivity index is 0.00000363. The molecule has 0 amide bonds. The molecule has 0 atom stereocenters. The molecule has 3 rings (SSSR count). The number of rotatable bonds is 9. The fraction of sp³-hybridized carbons (Fsp3) is 0.708. The smallest absolute Gasteiger partial charge is 0.191 e. The number of guanidine groups is 1. The van der Waals surface area contributed by atoms with Crippen molar-refractivity contribution >= 4 is 29.9 Å². The van der Waals surface area contributed by atoms with Gasteiger partial charge in [0.1, 0.15) is 0 Å². The van der Waals surface area contributed by atoms with Crippen LogP contribution in [0.5, 0.6) is 0 Å². The highest BCUT2D eigenvalue weighted by Gasteiger charge is 2.28. The largest absolute Gasteiger partial charge is 0.381 e. The average Bonchev–Trinajstić information content (AvgIpc) is 2.81. The number of hydrogen-bond donors (Lipinski definition) is 2. The number of morpholine rings is 1. The molecule has 0 radical (unpaired) electrons. The highest BCUT2D eigenvalue weighted by atomic mass is 127. The summed E-state index contributed by atoms with van der Waals surface area (Å²) in [6.07, 6.45) is 2.32. The van der Waals surface area contributed by atoms with Gasteiger partial charge in [-0.25, -0.2) is 4.99 Å². The molecule has 0 spiro atoms. The summed E-state index contributed by atoms with van der Waals surface area (Å²) in [5.74, 6) is 0.857. The van der Waals surface area contributed by atoms with Crippen molar-refractivity contribution in [3.8, 4) is 0 Å². The Morgan fingerprint density at radius 3 is 2.31 bits per heavy atom. The first-order valence-electron chi connectivity index (χ1n) is 11.7. The fourth-order valence-electron chi connectivity index (χ4n) is 3.89. The van der Waals surface area contributed by atoms with Gasteiger partial charge in [0.05, 0.1) is 32.5 Å². The summed E-state index contributed by atoms with van der Waals surface area (Å²) in [6, 6.07) is 8.58.